The molecule has 0 atom stereocenters. The Labute approximate surface area is 101 Å². The molecule has 2 rings (SSSR count). The van der Waals surface area contributed by atoms with Crippen LogP contribution in [0.4, 0.5) is 4.39 Å². The van der Waals surface area contributed by atoms with Crippen molar-refractivity contribution in [1.29, 1.82) is 0 Å². The number of aromatic nitrogens is 1. The van der Waals surface area contributed by atoms with Gasteiger partial charge in [0.15, 0.2) is 0 Å². The molecule has 1 aromatic heterocycles. The first-order valence-electron chi connectivity index (χ1n) is 5.89. The van der Waals surface area contributed by atoms with Crippen molar-refractivity contribution in [2.75, 3.05) is 6.54 Å². The van der Waals surface area contributed by atoms with Gasteiger partial charge in [-0.3, -0.25) is 0 Å². The van der Waals surface area contributed by atoms with Crippen LogP contribution in [-0.4, -0.2) is 11.1 Å². The smallest absolute Gasteiger partial charge is 0.126 e. The molecule has 2 N–H and O–H groups in total. The van der Waals surface area contributed by atoms with E-state index >= 15 is 0 Å². The second-order valence-electron chi connectivity index (χ2n) is 4.07. The zero-order chi connectivity index (χ0) is 12.1. The minimum absolute atomic E-state index is 0.125. The van der Waals surface area contributed by atoms with Crippen LogP contribution in [-0.2, 0) is 19.4 Å². The Morgan fingerprint density at radius 3 is 2.65 bits per heavy atom. The third-order valence-electron chi connectivity index (χ3n) is 2.90. The predicted molar refractivity (Wildman–Crippen MR) is 67.3 cm³/mol. The van der Waals surface area contributed by atoms with E-state index < -0.39 is 0 Å². The van der Waals surface area contributed by atoms with Gasteiger partial charge >= 0.3 is 0 Å². The van der Waals surface area contributed by atoms with Crippen LogP contribution in [0.1, 0.15) is 11.3 Å². The summed E-state index contributed by atoms with van der Waals surface area (Å²) in [7, 11) is 0. The van der Waals surface area contributed by atoms with Gasteiger partial charge in [-0.25, -0.2) is 4.39 Å². The van der Waals surface area contributed by atoms with Gasteiger partial charge in [-0.15, -0.1) is 0 Å². The summed E-state index contributed by atoms with van der Waals surface area (Å²) in [4.78, 5) is 0. The van der Waals surface area contributed by atoms with Gasteiger partial charge in [0.25, 0.3) is 0 Å². The van der Waals surface area contributed by atoms with Gasteiger partial charge < -0.3 is 10.3 Å². The van der Waals surface area contributed by atoms with Gasteiger partial charge in [-0.05, 0) is 43.1 Å². The summed E-state index contributed by atoms with van der Waals surface area (Å²) in [6, 6.07) is 11.0. The first kappa shape index (κ1) is 11.9. The number of halogens is 1. The monoisotopic (exact) mass is 232 g/mol. The number of nitrogens with two attached hydrogens (primary N) is 1. The highest BCUT2D eigenvalue weighted by atomic mass is 19.1. The van der Waals surface area contributed by atoms with Crippen LogP contribution in [0.3, 0.4) is 0 Å². The van der Waals surface area contributed by atoms with Gasteiger partial charge in [0, 0.05) is 18.4 Å². The number of aryl methyl sites for hydroxylation is 2. The van der Waals surface area contributed by atoms with Crippen molar-refractivity contribution < 1.29 is 4.39 Å². The van der Waals surface area contributed by atoms with Crippen molar-refractivity contribution in [2.24, 2.45) is 5.73 Å². The molecule has 0 fully saturated rings. The van der Waals surface area contributed by atoms with E-state index in [1.54, 1.807) is 6.07 Å². The van der Waals surface area contributed by atoms with Crippen LogP contribution in [0.2, 0.25) is 0 Å². The molecule has 0 aliphatic heterocycles. The van der Waals surface area contributed by atoms with E-state index in [9.17, 15) is 4.39 Å². The SMILES string of the molecule is NCCc1cccn1CCc1ccccc1F. The van der Waals surface area contributed by atoms with E-state index in [0.29, 0.717) is 13.0 Å². The Hall–Kier alpha value is -1.61. The summed E-state index contributed by atoms with van der Waals surface area (Å²) in [6.07, 6.45) is 3.59. The summed E-state index contributed by atoms with van der Waals surface area (Å²) in [6.45, 7) is 1.44. The Kier molecular flexibility index (Phi) is 3.94. The predicted octanol–water partition coefficient (Wildman–Crippen LogP) is 2.37. The minimum atomic E-state index is -0.125. The number of hydrogen-bond donors (Lipinski definition) is 1. The summed E-state index contributed by atoms with van der Waals surface area (Å²) >= 11 is 0. The Balaban J connectivity index is 2.02. The molecule has 2 nitrogen and oxygen atoms in total. The molecule has 0 saturated heterocycles. The van der Waals surface area contributed by atoms with Crippen LogP contribution < -0.4 is 5.73 Å². The Morgan fingerprint density at radius 2 is 1.88 bits per heavy atom. The van der Waals surface area contributed by atoms with Crippen LogP contribution in [0.5, 0.6) is 0 Å². The zero-order valence-corrected chi connectivity index (χ0v) is 9.77. The largest absolute Gasteiger partial charge is 0.351 e. The van der Waals surface area contributed by atoms with E-state index in [2.05, 4.69) is 10.6 Å². The summed E-state index contributed by atoms with van der Waals surface area (Å²) < 4.78 is 15.6. The van der Waals surface area contributed by atoms with Crippen LogP contribution in [0.25, 0.3) is 0 Å². The number of nitrogens with zero attached hydrogens (tertiary/aromatic N) is 1. The fourth-order valence-electron chi connectivity index (χ4n) is 1.98. The molecule has 0 aliphatic carbocycles. The van der Waals surface area contributed by atoms with Gasteiger partial charge in [0.2, 0.25) is 0 Å². The van der Waals surface area contributed by atoms with E-state index in [1.165, 1.54) is 11.8 Å². The highest BCUT2D eigenvalue weighted by Gasteiger charge is 2.03. The molecular formula is C14H17FN2. The first-order chi connectivity index (χ1) is 8.31. The Bertz CT molecular complexity index is 477. The average Bonchev–Trinajstić information content (AvgIpc) is 2.76. The quantitative estimate of drug-likeness (QED) is 0.843. The van der Waals surface area contributed by atoms with E-state index in [-0.39, 0.29) is 5.82 Å². The van der Waals surface area contributed by atoms with Gasteiger partial charge in [-0.2, -0.15) is 0 Å². The van der Waals surface area contributed by atoms with E-state index in [4.69, 9.17) is 5.73 Å². The fraction of sp³-hybridized carbons (Fsp3) is 0.286. The third kappa shape index (κ3) is 2.94. The molecule has 0 aliphatic rings. The normalized spacial score (nSPS) is 10.7. The van der Waals surface area contributed by atoms with Gasteiger partial charge in [-0.1, -0.05) is 18.2 Å². The topological polar surface area (TPSA) is 30.9 Å². The highest BCUT2D eigenvalue weighted by molar-refractivity contribution is 5.17. The van der Waals surface area contributed by atoms with Crippen molar-refractivity contribution in [3.05, 3.63) is 59.7 Å². The fourth-order valence-corrected chi connectivity index (χ4v) is 1.98. The molecule has 0 radical (unpaired) electrons. The molecule has 0 saturated carbocycles. The molecular weight excluding hydrogens is 215 g/mol. The second-order valence-corrected chi connectivity index (χ2v) is 4.07. The van der Waals surface area contributed by atoms with Crippen LogP contribution in [0.15, 0.2) is 42.6 Å². The first-order valence-corrected chi connectivity index (χ1v) is 5.89. The average molecular weight is 232 g/mol. The van der Waals surface area contributed by atoms with Crippen molar-refractivity contribution in [2.45, 2.75) is 19.4 Å². The zero-order valence-electron chi connectivity index (χ0n) is 9.77. The molecule has 0 spiro atoms. The lowest BCUT2D eigenvalue weighted by molar-refractivity contribution is 0.588. The summed E-state index contributed by atoms with van der Waals surface area (Å²) in [5.74, 6) is -0.125. The summed E-state index contributed by atoms with van der Waals surface area (Å²) in [5.41, 5.74) is 7.52. The molecule has 2 aromatic rings. The lowest BCUT2D eigenvalue weighted by Crippen LogP contribution is -2.10. The third-order valence-corrected chi connectivity index (χ3v) is 2.90. The molecule has 3 heteroatoms. The number of hydrogen-bond acceptors (Lipinski definition) is 1. The van der Waals surface area contributed by atoms with E-state index in [0.717, 1.165) is 18.5 Å². The molecule has 90 valence electrons. The van der Waals surface area contributed by atoms with E-state index in [1.807, 2.05) is 24.4 Å². The molecule has 0 bridgehead atoms. The Morgan fingerprint density at radius 1 is 1.06 bits per heavy atom. The van der Waals surface area contributed by atoms with Crippen molar-refractivity contribution >= 4 is 0 Å². The van der Waals surface area contributed by atoms with Crippen molar-refractivity contribution in [3.8, 4) is 0 Å². The van der Waals surface area contributed by atoms with Crippen LogP contribution >= 0.6 is 0 Å². The second kappa shape index (κ2) is 5.64. The van der Waals surface area contributed by atoms with Gasteiger partial charge in [0.1, 0.15) is 5.82 Å². The van der Waals surface area contributed by atoms with Crippen molar-refractivity contribution in [1.82, 2.24) is 4.57 Å². The molecule has 17 heavy (non-hydrogen) atoms. The lowest BCUT2D eigenvalue weighted by Gasteiger charge is -2.09. The number of benzene rings is 1. The van der Waals surface area contributed by atoms with Gasteiger partial charge in [0.05, 0.1) is 0 Å². The minimum Gasteiger partial charge on any atom is -0.351 e. The summed E-state index contributed by atoms with van der Waals surface area (Å²) in [5, 5.41) is 0. The maximum absolute atomic E-state index is 13.4. The lowest BCUT2D eigenvalue weighted by atomic mass is 10.1. The molecule has 1 aromatic carbocycles. The molecule has 0 amide bonds. The highest BCUT2D eigenvalue weighted by Crippen LogP contribution is 2.10. The number of rotatable bonds is 5. The van der Waals surface area contributed by atoms with Crippen molar-refractivity contribution in [3.63, 3.8) is 0 Å². The molecule has 0 unspecified atom stereocenters. The van der Waals surface area contributed by atoms with Crippen LogP contribution in [0, 0.1) is 5.82 Å². The molecule has 1 heterocycles. The maximum atomic E-state index is 13.4. The standard InChI is InChI=1S/C14H17FN2/c15-14-6-2-1-4-12(14)8-11-17-10-3-5-13(17)7-9-16/h1-6,10H,7-9,11,16H2. The maximum Gasteiger partial charge on any atom is 0.126 e.